The van der Waals surface area contributed by atoms with Gasteiger partial charge in [0.05, 0.1) is 12.7 Å². The molecular weight excluding hydrogens is 524 g/mol. The average Bonchev–Trinajstić information content (AvgIpc) is 2.86. The monoisotopic (exact) mass is 557 g/mol. The highest BCUT2D eigenvalue weighted by Gasteiger charge is 2.73. The van der Waals surface area contributed by atoms with E-state index < -0.39 is 116 Å². The van der Waals surface area contributed by atoms with E-state index in [9.17, 15) is 60.7 Å². The zero-order valence-electron chi connectivity index (χ0n) is 20.0. The molecule has 1 radical (unpaired) electrons. The van der Waals surface area contributed by atoms with E-state index in [4.69, 9.17) is 24.1 Å². The fourth-order valence-electron chi connectivity index (χ4n) is 4.93. The van der Waals surface area contributed by atoms with Crippen LogP contribution in [0.15, 0.2) is 0 Å². The molecule has 3 saturated heterocycles. The molecule has 0 aromatic rings. The molecular formula is C21H33O17. The van der Waals surface area contributed by atoms with E-state index in [-0.39, 0.29) is 0 Å². The number of rotatable bonds is 7. The molecule has 14 atom stereocenters. The number of esters is 1. The van der Waals surface area contributed by atoms with Crippen molar-refractivity contribution in [2.45, 2.75) is 97.8 Å². The van der Waals surface area contributed by atoms with Gasteiger partial charge in [0.25, 0.3) is 0 Å². The molecule has 17 heteroatoms. The van der Waals surface area contributed by atoms with Gasteiger partial charge in [0.15, 0.2) is 11.2 Å². The summed E-state index contributed by atoms with van der Waals surface area (Å²) < 4.78 is 20.8. The lowest BCUT2D eigenvalue weighted by atomic mass is 9.64. The number of carboxylic acids is 1. The van der Waals surface area contributed by atoms with E-state index in [0.29, 0.717) is 6.61 Å². The standard InChI is InChI=1S/C21H33O17/c1-6-11(26)13(28)15(30)18(37-6)20(33)5-36-8(4-35-10(25)2-9(23)24)17(32)21(20,34)19-16(31)14(29)12(27)7(3-22)38-19/h5-8,11-19,22,26-34H,2-4H2,1H3,(H,23,24)/t6-,7+,8-,11-,12+,13+,14-,15-,16+,17-,18?,19+,20-,21-/m1/s1. The number of hydrogen-bond donors (Lipinski definition) is 11. The smallest absolute Gasteiger partial charge is 0.317 e. The Kier molecular flexibility index (Phi) is 9.36. The minimum absolute atomic E-state index is 0.432. The van der Waals surface area contributed by atoms with Crippen LogP contribution < -0.4 is 0 Å². The van der Waals surface area contributed by atoms with Crippen molar-refractivity contribution in [2.24, 2.45) is 0 Å². The molecule has 3 fully saturated rings. The van der Waals surface area contributed by atoms with E-state index in [1.165, 1.54) is 6.92 Å². The third kappa shape index (κ3) is 5.15. The van der Waals surface area contributed by atoms with Gasteiger partial charge in [-0.2, -0.15) is 0 Å². The van der Waals surface area contributed by atoms with Gasteiger partial charge >= 0.3 is 11.9 Å². The molecule has 0 amide bonds. The number of ether oxygens (including phenoxy) is 4. The molecule has 38 heavy (non-hydrogen) atoms. The Bertz CT molecular complexity index is 856. The van der Waals surface area contributed by atoms with Gasteiger partial charge in [-0.05, 0) is 6.92 Å². The third-order valence-corrected chi connectivity index (χ3v) is 7.18. The zero-order chi connectivity index (χ0) is 28.7. The molecule has 0 bridgehead atoms. The van der Waals surface area contributed by atoms with Crippen LogP contribution in [-0.4, -0.2) is 166 Å². The van der Waals surface area contributed by atoms with Crippen LogP contribution in [0.25, 0.3) is 0 Å². The first-order valence-corrected chi connectivity index (χ1v) is 11.6. The number of carbonyl (C=O) groups excluding carboxylic acids is 1. The summed E-state index contributed by atoms with van der Waals surface area (Å²) in [5.74, 6) is -2.79. The summed E-state index contributed by atoms with van der Waals surface area (Å²) >= 11 is 0. The van der Waals surface area contributed by atoms with E-state index in [1.807, 2.05) is 0 Å². The first-order valence-electron chi connectivity index (χ1n) is 11.6. The molecule has 3 rings (SSSR count). The Hall–Kier alpha value is -1.58. The van der Waals surface area contributed by atoms with Crippen LogP contribution in [0.1, 0.15) is 13.3 Å². The molecule has 1 unspecified atom stereocenters. The van der Waals surface area contributed by atoms with Gasteiger partial charge in [0.1, 0.15) is 86.8 Å². The average molecular weight is 557 g/mol. The number of carbonyl (C=O) groups is 2. The minimum atomic E-state index is -3.28. The minimum Gasteiger partial charge on any atom is -0.481 e. The van der Waals surface area contributed by atoms with Crippen molar-refractivity contribution in [3.8, 4) is 0 Å². The Balaban J connectivity index is 2.04. The highest BCUT2D eigenvalue weighted by Crippen LogP contribution is 2.48. The fraction of sp³-hybridized carbons (Fsp3) is 0.857. The van der Waals surface area contributed by atoms with Crippen molar-refractivity contribution >= 4 is 11.9 Å². The van der Waals surface area contributed by atoms with Crippen molar-refractivity contribution in [2.75, 3.05) is 13.2 Å². The molecule has 0 saturated carbocycles. The van der Waals surface area contributed by atoms with Crippen molar-refractivity contribution in [1.29, 1.82) is 0 Å². The largest absolute Gasteiger partial charge is 0.481 e. The molecule has 219 valence electrons. The zero-order valence-corrected chi connectivity index (χ0v) is 20.0. The van der Waals surface area contributed by atoms with Gasteiger partial charge in [-0.25, -0.2) is 0 Å². The lowest BCUT2D eigenvalue weighted by Crippen LogP contribution is -2.83. The van der Waals surface area contributed by atoms with Gasteiger partial charge in [-0.15, -0.1) is 0 Å². The summed E-state index contributed by atoms with van der Waals surface area (Å²) in [5, 5.41) is 115. The van der Waals surface area contributed by atoms with Gasteiger partial charge < -0.3 is 75.1 Å². The van der Waals surface area contributed by atoms with Crippen LogP contribution in [0.4, 0.5) is 0 Å². The van der Waals surface area contributed by atoms with Crippen molar-refractivity contribution < 1.29 is 84.7 Å². The molecule has 3 aliphatic heterocycles. The van der Waals surface area contributed by atoms with Crippen molar-refractivity contribution in [3.63, 3.8) is 0 Å². The van der Waals surface area contributed by atoms with Crippen LogP contribution >= 0.6 is 0 Å². The molecule has 0 aromatic heterocycles. The van der Waals surface area contributed by atoms with Gasteiger partial charge in [-0.1, -0.05) is 0 Å². The molecule has 0 aromatic carbocycles. The molecule has 11 N–H and O–H groups in total. The maximum atomic E-state index is 11.9. The van der Waals surface area contributed by atoms with Crippen LogP contribution in [-0.2, 0) is 28.5 Å². The number of aliphatic hydroxyl groups excluding tert-OH is 8. The number of carboxylic acid groups (broad SMARTS) is 1. The Morgan fingerprint density at radius 3 is 2.00 bits per heavy atom. The van der Waals surface area contributed by atoms with Gasteiger partial charge in [-0.3, -0.25) is 9.59 Å². The van der Waals surface area contributed by atoms with Gasteiger partial charge in [0.2, 0.25) is 0 Å². The van der Waals surface area contributed by atoms with E-state index in [2.05, 4.69) is 0 Å². The number of aliphatic hydroxyl groups is 10. The van der Waals surface area contributed by atoms with Crippen molar-refractivity contribution in [1.82, 2.24) is 0 Å². The van der Waals surface area contributed by atoms with Gasteiger partial charge in [0, 0.05) is 0 Å². The number of aliphatic carboxylic acids is 1. The molecule has 3 heterocycles. The van der Waals surface area contributed by atoms with Crippen LogP contribution in [0, 0.1) is 6.61 Å². The van der Waals surface area contributed by atoms with E-state index >= 15 is 0 Å². The first-order chi connectivity index (χ1) is 17.6. The summed E-state index contributed by atoms with van der Waals surface area (Å²) in [5.41, 5.74) is -6.41. The van der Waals surface area contributed by atoms with E-state index in [1.54, 1.807) is 0 Å². The Morgan fingerprint density at radius 1 is 0.842 bits per heavy atom. The van der Waals surface area contributed by atoms with Crippen LogP contribution in [0.3, 0.4) is 0 Å². The predicted molar refractivity (Wildman–Crippen MR) is 114 cm³/mol. The number of hydrogen-bond acceptors (Lipinski definition) is 16. The second-order valence-corrected chi connectivity index (χ2v) is 9.62. The predicted octanol–water partition coefficient (Wildman–Crippen LogP) is -6.90. The lowest BCUT2D eigenvalue weighted by molar-refractivity contribution is -0.377. The maximum Gasteiger partial charge on any atom is 0.317 e. The summed E-state index contributed by atoms with van der Waals surface area (Å²) in [6.45, 7) is -0.200. The molecule has 0 aliphatic carbocycles. The normalized spacial score (nSPS) is 49.9. The Morgan fingerprint density at radius 2 is 1.42 bits per heavy atom. The van der Waals surface area contributed by atoms with Crippen LogP contribution in [0.5, 0.6) is 0 Å². The van der Waals surface area contributed by atoms with Crippen LogP contribution in [0.2, 0.25) is 0 Å². The molecule has 0 spiro atoms. The topological polar surface area (TPSA) is 294 Å². The summed E-state index contributed by atoms with van der Waals surface area (Å²) in [7, 11) is 0. The summed E-state index contributed by atoms with van der Waals surface area (Å²) in [4.78, 5) is 22.4. The highest BCUT2D eigenvalue weighted by atomic mass is 16.6. The SMILES string of the molecule is C[C@H]1OC([C@]2(O)[CH]O[C@H](COC(=O)CC(=O)O)[C@@H](O)[C@@]2(O)[C@H]2O[C@@H](CO)[C@H](O)[C@@H](O)[C@@H]2O)[C@H](O)[C@@H](O)[C@@H]1O. The molecule has 17 nitrogen and oxygen atoms in total. The fourth-order valence-corrected chi connectivity index (χ4v) is 4.93. The molecule has 3 aliphatic rings. The second kappa shape index (κ2) is 11.5. The van der Waals surface area contributed by atoms with E-state index in [0.717, 1.165) is 0 Å². The first kappa shape index (κ1) is 31.0. The lowest BCUT2D eigenvalue weighted by Gasteiger charge is -2.60. The Labute approximate surface area is 215 Å². The second-order valence-electron chi connectivity index (χ2n) is 9.62. The summed E-state index contributed by atoms with van der Waals surface area (Å²) in [6.07, 6.45) is -24.6. The van der Waals surface area contributed by atoms with Crippen molar-refractivity contribution in [3.05, 3.63) is 6.61 Å². The maximum absolute atomic E-state index is 11.9. The quantitative estimate of drug-likeness (QED) is 0.102. The summed E-state index contributed by atoms with van der Waals surface area (Å²) in [6, 6.07) is 0. The highest BCUT2D eigenvalue weighted by molar-refractivity contribution is 5.90. The third-order valence-electron chi connectivity index (χ3n) is 7.18.